The van der Waals surface area contributed by atoms with Crippen molar-refractivity contribution in [1.82, 2.24) is 14.4 Å². The van der Waals surface area contributed by atoms with E-state index in [0.29, 0.717) is 24.5 Å². The van der Waals surface area contributed by atoms with E-state index in [2.05, 4.69) is 9.47 Å². The number of ether oxygens (including phenoxy) is 2. The molecule has 4 rings (SSSR count). The van der Waals surface area contributed by atoms with Crippen molar-refractivity contribution in [2.24, 2.45) is 0 Å². The van der Waals surface area contributed by atoms with E-state index in [9.17, 15) is 9.59 Å². The number of carbonyl (C=O) groups excluding carboxylic acids is 2. The minimum atomic E-state index is -0.309. The molecule has 0 saturated carbocycles. The lowest BCUT2D eigenvalue weighted by atomic mass is 9.88. The Morgan fingerprint density at radius 2 is 1.82 bits per heavy atom. The van der Waals surface area contributed by atoms with Crippen molar-refractivity contribution in [3.05, 3.63) is 58.9 Å². The summed E-state index contributed by atoms with van der Waals surface area (Å²) in [5.74, 6) is -0.308. The van der Waals surface area contributed by atoms with Crippen molar-refractivity contribution in [1.29, 1.82) is 0 Å². The van der Waals surface area contributed by atoms with Gasteiger partial charge in [-0.2, -0.15) is 0 Å². The van der Waals surface area contributed by atoms with Gasteiger partial charge in [-0.05, 0) is 29.8 Å². The molecule has 28 heavy (non-hydrogen) atoms. The van der Waals surface area contributed by atoms with E-state index in [1.807, 2.05) is 36.4 Å². The summed E-state index contributed by atoms with van der Waals surface area (Å²) in [5.41, 5.74) is 3.31. The number of hydrogen-bond donors (Lipinski definition) is 0. The molecule has 0 atom stereocenters. The number of hydrogen-bond acceptors (Lipinski definition) is 5. The van der Waals surface area contributed by atoms with Gasteiger partial charge in [0.05, 0.1) is 20.3 Å². The molecule has 3 heterocycles. The molecule has 1 spiro atoms. The Balaban J connectivity index is 1.57. The van der Waals surface area contributed by atoms with E-state index >= 15 is 0 Å². The van der Waals surface area contributed by atoms with E-state index in [-0.39, 0.29) is 17.4 Å². The fraction of sp³-hybridized carbons (Fsp3) is 0.429. The van der Waals surface area contributed by atoms with Crippen molar-refractivity contribution in [2.75, 3.05) is 41.0 Å². The molecule has 1 saturated heterocycles. The number of amides is 1. The van der Waals surface area contributed by atoms with Crippen LogP contribution in [-0.2, 0) is 28.1 Å². The molecule has 0 radical (unpaired) electrons. The van der Waals surface area contributed by atoms with Crippen molar-refractivity contribution in [3.63, 3.8) is 0 Å². The highest BCUT2D eigenvalue weighted by Gasteiger charge is 2.50. The molecular weight excluding hydrogens is 358 g/mol. The Bertz CT molecular complexity index is 897. The molecule has 148 valence electrons. The quantitative estimate of drug-likeness (QED) is 0.753. The predicted molar refractivity (Wildman–Crippen MR) is 103 cm³/mol. The molecule has 0 bridgehead atoms. The van der Waals surface area contributed by atoms with Crippen LogP contribution in [0.1, 0.15) is 32.1 Å². The Labute approximate surface area is 164 Å². The molecule has 1 aromatic heterocycles. The van der Waals surface area contributed by atoms with Crippen molar-refractivity contribution >= 4 is 11.9 Å². The molecule has 1 fully saturated rings. The highest BCUT2D eigenvalue weighted by atomic mass is 16.5. The fourth-order valence-electron chi connectivity index (χ4n) is 4.08. The van der Waals surface area contributed by atoms with E-state index in [1.54, 1.807) is 19.0 Å². The van der Waals surface area contributed by atoms with Crippen LogP contribution in [0.4, 0.5) is 0 Å². The van der Waals surface area contributed by atoms with Gasteiger partial charge in [-0.1, -0.05) is 12.1 Å². The first-order chi connectivity index (χ1) is 13.5. The average Bonchev–Trinajstić information content (AvgIpc) is 3.10. The first kappa shape index (κ1) is 18.7. The second-order valence-electron chi connectivity index (χ2n) is 7.59. The second kappa shape index (κ2) is 7.07. The summed E-state index contributed by atoms with van der Waals surface area (Å²) in [5, 5.41) is 0. The van der Waals surface area contributed by atoms with Gasteiger partial charge in [-0.25, -0.2) is 4.79 Å². The van der Waals surface area contributed by atoms with Gasteiger partial charge in [0.15, 0.2) is 0 Å². The number of fused-ring (bicyclic) bond motifs is 2. The Morgan fingerprint density at radius 3 is 2.39 bits per heavy atom. The third-order valence-electron chi connectivity index (χ3n) is 5.71. The van der Waals surface area contributed by atoms with Crippen LogP contribution < -0.4 is 0 Å². The standard InChI is InChI=1S/C21H25N3O4/c1-22(2)19(25)16-6-4-15(5-7-16)12-23-10-11-24-17(20(26)27-3)8-9-18(24)21(23)13-28-14-21/h4-9H,10-14H2,1-3H3. The minimum Gasteiger partial charge on any atom is -0.464 e. The van der Waals surface area contributed by atoms with E-state index in [1.165, 1.54) is 7.11 Å². The number of esters is 1. The molecule has 0 aliphatic carbocycles. The molecule has 2 aliphatic heterocycles. The summed E-state index contributed by atoms with van der Waals surface area (Å²) >= 11 is 0. The number of methoxy groups -OCH3 is 1. The van der Waals surface area contributed by atoms with Crippen molar-refractivity contribution in [2.45, 2.75) is 18.6 Å². The lowest BCUT2D eigenvalue weighted by Crippen LogP contribution is -2.63. The summed E-state index contributed by atoms with van der Waals surface area (Å²) in [4.78, 5) is 28.1. The van der Waals surface area contributed by atoms with Gasteiger partial charge in [-0.3, -0.25) is 9.69 Å². The van der Waals surface area contributed by atoms with E-state index < -0.39 is 0 Å². The largest absolute Gasteiger partial charge is 0.464 e. The van der Waals surface area contributed by atoms with Crippen LogP contribution in [0.2, 0.25) is 0 Å². The SMILES string of the molecule is COC(=O)c1ccc2n1CCN(Cc1ccc(C(=O)N(C)C)cc1)C21COC1. The smallest absolute Gasteiger partial charge is 0.354 e. The Hall–Kier alpha value is -2.64. The van der Waals surface area contributed by atoms with Crippen molar-refractivity contribution in [3.8, 4) is 0 Å². The lowest BCUT2D eigenvalue weighted by Gasteiger charge is -2.52. The first-order valence-electron chi connectivity index (χ1n) is 9.38. The average molecular weight is 383 g/mol. The number of aromatic nitrogens is 1. The first-order valence-corrected chi connectivity index (χ1v) is 9.38. The highest BCUT2D eigenvalue weighted by molar-refractivity contribution is 5.93. The topological polar surface area (TPSA) is 64.0 Å². The summed E-state index contributed by atoms with van der Waals surface area (Å²) in [6.07, 6.45) is 0. The number of benzene rings is 1. The fourth-order valence-corrected chi connectivity index (χ4v) is 4.08. The second-order valence-corrected chi connectivity index (χ2v) is 7.59. The van der Waals surface area contributed by atoms with Gasteiger partial charge in [-0.15, -0.1) is 0 Å². The summed E-state index contributed by atoms with van der Waals surface area (Å²) in [7, 11) is 4.91. The monoisotopic (exact) mass is 383 g/mol. The van der Waals surface area contributed by atoms with Crippen LogP contribution in [0.3, 0.4) is 0 Å². The minimum absolute atomic E-state index is 0.00144. The van der Waals surface area contributed by atoms with Gasteiger partial charge in [0.2, 0.25) is 0 Å². The molecule has 2 aromatic rings. The zero-order valence-electron chi connectivity index (χ0n) is 16.5. The maximum atomic E-state index is 12.1. The highest BCUT2D eigenvalue weighted by Crippen LogP contribution is 2.40. The van der Waals surface area contributed by atoms with Crippen LogP contribution in [0.25, 0.3) is 0 Å². The molecule has 7 heteroatoms. The molecule has 0 unspecified atom stereocenters. The summed E-state index contributed by atoms with van der Waals surface area (Å²) in [6, 6.07) is 11.6. The maximum Gasteiger partial charge on any atom is 0.354 e. The van der Waals surface area contributed by atoms with Gasteiger partial charge < -0.3 is 18.9 Å². The molecule has 1 aromatic carbocycles. The van der Waals surface area contributed by atoms with Crippen LogP contribution in [-0.4, -0.2) is 67.2 Å². The number of carbonyl (C=O) groups is 2. The third-order valence-corrected chi connectivity index (χ3v) is 5.71. The zero-order chi connectivity index (χ0) is 19.9. The number of rotatable bonds is 4. The van der Waals surface area contributed by atoms with Gasteiger partial charge in [0.1, 0.15) is 11.2 Å². The predicted octanol–water partition coefficient (Wildman–Crippen LogP) is 1.72. The normalized spacial score (nSPS) is 17.7. The number of nitrogens with zero attached hydrogens (tertiary/aromatic N) is 3. The van der Waals surface area contributed by atoms with Crippen LogP contribution in [0.5, 0.6) is 0 Å². The van der Waals surface area contributed by atoms with Crippen LogP contribution in [0, 0.1) is 0 Å². The molecule has 7 nitrogen and oxygen atoms in total. The molecular formula is C21H25N3O4. The Morgan fingerprint density at radius 1 is 1.11 bits per heavy atom. The summed E-state index contributed by atoms with van der Waals surface area (Å²) < 4.78 is 12.6. The van der Waals surface area contributed by atoms with Crippen molar-refractivity contribution < 1.29 is 19.1 Å². The third kappa shape index (κ3) is 2.91. The molecule has 0 N–H and O–H groups in total. The van der Waals surface area contributed by atoms with Crippen LogP contribution >= 0.6 is 0 Å². The lowest BCUT2D eigenvalue weighted by molar-refractivity contribution is -0.162. The zero-order valence-corrected chi connectivity index (χ0v) is 16.5. The van der Waals surface area contributed by atoms with E-state index in [4.69, 9.17) is 9.47 Å². The van der Waals surface area contributed by atoms with Gasteiger partial charge >= 0.3 is 5.97 Å². The molecule has 2 aliphatic rings. The maximum absolute atomic E-state index is 12.1. The summed E-state index contributed by atoms with van der Waals surface area (Å²) in [6.45, 7) is 3.52. The molecule has 1 amide bonds. The van der Waals surface area contributed by atoms with E-state index in [0.717, 1.165) is 30.9 Å². The van der Waals surface area contributed by atoms with Gasteiger partial charge in [0, 0.05) is 45.0 Å². The van der Waals surface area contributed by atoms with Crippen LogP contribution in [0.15, 0.2) is 36.4 Å². The van der Waals surface area contributed by atoms with Gasteiger partial charge in [0.25, 0.3) is 5.91 Å². The Kier molecular flexibility index (Phi) is 4.72.